The number of allylic oxidation sites excluding steroid dienone is 1. The Balaban J connectivity index is 2.45. The van der Waals surface area contributed by atoms with Crippen molar-refractivity contribution in [1.29, 1.82) is 0 Å². The fourth-order valence-corrected chi connectivity index (χ4v) is 2.93. The van der Waals surface area contributed by atoms with Crippen LogP contribution in [-0.4, -0.2) is 5.78 Å². The number of ketones is 1. The Morgan fingerprint density at radius 3 is 2.06 bits per heavy atom. The lowest BCUT2D eigenvalue weighted by molar-refractivity contribution is -0.123. The van der Waals surface area contributed by atoms with Gasteiger partial charge in [-0.1, -0.05) is 56.9 Å². The third-order valence-corrected chi connectivity index (χ3v) is 4.03. The average Bonchev–Trinajstić information content (AvgIpc) is 2.34. The van der Waals surface area contributed by atoms with Crippen molar-refractivity contribution < 1.29 is 4.79 Å². The van der Waals surface area contributed by atoms with Crippen LogP contribution in [0.3, 0.4) is 0 Å². The average molecular weight is 250 g/mol. The molecule has 0 aromatic heterocycles. The van der Waals surface area contributed by atoms with Crippen LogP contribution in [-0.2, 0) is 4.79 Å². The minimum Gasteiger partial charge on any atom is -0.299 e. The zero-order valence-electron chi connectivity index (χ0n) is 12.2. The van der Waals surface area contributed by atoms with Gasteiger partial charge in [0.15, 0.2) is 0 Å². The number of hydrogen-bond donors (Lipinski definition) is 0. The lowest BCUT2D eigenvalue weighted by Crippen LogP contribution is -2.15. The van der Waals surface area contributed by atoms with Crippen molar-refractivity contribution in [1.82, 2.24) is 0 Å². The van der Waals surface area contributed by atoms with Gasteiger partial charge in [0, 0.05) is 12.3 Å². The zero-order chi connectivity index (χ0) is 13.2. The highest BCUT2D eigenvalue weighted by molar-refractivity contribution is 5.81. The van der Waals surface area contributed by atoms with Crippen molar-refractivity contribution in [2.24, 2.45) is 5.92 Å². The molecule has 0 aromatic carbocycles. The first-order chi connectivity index (χ1) is 8.70. The second-order valence-corrected chi connectivity index (χ2v) is 6.05. The van der Waals surface area contributed by atoms with Crippen LogP contribution < -0.4 is 0 Å². The smallest absolute Gasteiger partial charge is 0.136 e. The molecule has 1 atom stereocenters. The Hall–Kier alpha value is -0.590. The summed E-state index contributed by atoms with van der Waals surface area (Å²) in [6, 6.07) is 0. The fourth-order valence-electron chi connectivity index (χ4n) is 2.93. The topological polar surface area (TPSA) is 17.1 Å². The largest absolute Gasteiger partial charge is 0.299 e. The van der Waals surface area contributed by atoms with E-state index in [0.29, 0.717) is 5.78 Å². The molecule has 1 unspecified atom stereocenters. The van der Waals surface area contributed by atoms with Gasteiger partial charge in [0.2, 0.25) is 0 Å². The monoisotopic (exact) mass is 250 g/mol. The van der Waals surface area contributed by atoms with Gasteiger partial charge in [-0.15, -0.1) is 6.58 Å². The van der Waals surface area contributed by atoms with Crippen molar-refractivity contribution in [2.75, 3.05) is 0 Å². The van der Waals surface area contributed by atoms with Crippen LogP contribution in [0.4, 0.5) is 0 Å². The van der Waals surface area contributed by atoms with Crippen molar-refractivity contribution in [3.8, 4) is 0 Å². The molecule has 0 spiro atoms. The summed E-state index contributed by atoms with van der Waals surface area (Å²) in [7, 11) is 0. The Kier molecular flexibility index (Phi) is 8.04. The Morgan fingerprint density at radius 1 is 1.00 bits per heavy atom. The van der Waals surface area contributed by atoms with Crippen molar-refractivity contribution >= 4 is 5.78 Å². The SMILES string of the molecule is C=C(C)CC1CCCCCCCCCCCC1=O. The summed E-state index contributed by atoms with van der Waals surface area (Å²) >= 11 is 0. The molecule has 0 saturated heterocycles. The Labute approximate surface area is 113 Å². The second-order valence-electron chi connectivity index (χ2n) is 6.05. The van der Waals surface area contributed by atoms with E-state index in [1.54, 1.807) is 0 Å². The van der Waals surface area contributed by atoms with Gasteiger partial charge in [0.25, 0.3) is 0 Å². The molecule has 1 saturated carbocycles. The van der Waals surface area contributed by atoms with E-state index < -0.39 is 0 Å². The van der Waals surface area contributed by atoms with Gasteiger partial charge in [0.1, 0.15) is 5.78 Å². The summed E-state index contributed by atoms with van der Waals surface area (Å²) in [5.41, 5.74) is 1.16. The van der Waals surface area contributed by atoms with E-state index in [9.17, 15) is 4.79 Å². The highest BCUT2D eigenvalue weighted by Gasteiger charge is 2.17. The van der Waals surface area contributed by atoms with Gasteiger partial charge in [-0.25, -0.2) is 0 Å². The van der Waals surface area contributed by atoms with Crippen LogP contribution in [0.15, 0.2) is 12.2 Å². The van der Waals surface area contributed by atoms with Gasteiger partial charge in [-0.3, -0.25) is 4.79 Å². The molecule has 18 heavy (non-hydrogen) atoms. The molecule has 1 rings (SSSR count). The van der Waals surface area contributed by atoms with Gasteiger partial charge in [-0.05, 0) is 26.2 Å². The third-order valence-electron chi connectivity index (χ3n) is 4.03. The van der Waals surface area contributed by atoms with Gasteiger partial charge in [-0.2, -0.15) is 0 Å². The molecule has 1 nitrogen and oxygen atoms in total. The third kappa shape index (κ3) is 6.98. The quantitative estimate of drug-likeness (QED) is 0.596. The van der Waals surface area contributed by atoms with Crippen molar-refractivity contribution in [2.45, 2.75) is 84.0 Å². The van der Waals surface area contributed by atoms with E-state index >= 15 is 0 Å². The van der Waals surface area contributed by atoms with Crippen LogP contribution >= 0.6 is 0 Å². The molecule has 1 aliphatic carbocycles. The molecule has 104 valence electrons. The summed E-state index contributed by atoms with van der Waals surface area (Å²) < 4.78 is 0. The molecule has 0 amide bonds. The summed E-state index contributed by atoms with van der Waals surface area (Å²) in [5, 5.41) is 0. The predicted molar refractivity (Wildman–Crippen MR) is 78.7 cm³/mol. The van der Waals surface area contributed by atoms with E-state index in [4.69, 9.17) is 0 Å². The van der Waals surface area contributed by atoms with Crippen molar-refractivity contribution in [3.63, 3.8) is 0 Å². The van der Waals surface area contributed by atoms with E-state index in [1.807, 2.05) is 0 Å². The number of carbonyl (C=O) groups excluding carboxylic acids is 1. The molecule has 0 N–H and O–H groups in total. The first kappa shape index (κ1) is 15.5. The molecule has 0 aliphatic heterocycles. The van der Waals surface area contributed by atoms with Crippen LogP contribution in [0.5, 0.6) is 0 Å². The maximum Gasteiger partial charge on any atom is 0.136 e. The molecule has 1 heteroatoms. The first-order valence-electron chi connectivity index (χ1n) is 7.87. The van der Waals surface area contributed by atoms with Gasteiger partial charge >= 0.3 is 0 Å². The normalized spacial score (nSPS) is 24.7. The lowest BCUT2D eigenvalue weighted by atomic mass is 9.88. The Bertz CT molecular complexity index is 254. The summed E-state index contributed by atoms with van der Waals surface area (Å²) in [6.45, 7) is 6.03. The molecule has 0 aromatic rings. The summed E-state index contributed by atoms with van der Waals surface area (Å²) in [5.74, 6) is 0.764. The molecule has 0 heterocycles. The summed E-state index contributed by atoms with van der Waals surface area (Å²) in [6.07, 6.45) is 14.5. The number of carbonyl (C=O) groups is 1. The molecule has 0 radical (unpaired) electrons. The molecule has 1 aliphatic rings. The van der Waals surface area contributed by atoms with Gasteiger partial charge in [0.05, 0.1) is 0 Å². The molecular weight excluding hydrogens is 220 g/mol. The summed E-state index contributed by atoms with van der Waals surface area (Å²) in [4.78, 5) is 12.2. The molecular formula is C17H30O. The van der Waals surface area contributed by atoms with E-state index in [0.717, 1.165) is 31.3 Å². The highest BCUT2D eigenvalue weighted by Crippen LogP contribution is 2.23. The van der Waals surface area contributed by atoms with E-state index in [2.05, 4.69) is 13.5 Å². The minimum atomic E-state index is 0.267. The van der Waals surface area contributed by atoms with Crippen LogP contribution in [0.2, 0.25) is 0 Å². The highest BCUT2D eigenvalue weighted by atomic mass is 16.1. The van der Waals surface area contributed by atoms with E-state index in [-0.39, 0.29) is 5.92 Å². The van der Waals surface area contributed by atoms with Gasteiger partial charge < -0.3 is 0 Å². The first-order valence-corrected chi connectivity index (χ1v) is 7.87. The zero-order valence-corrected chi connectivity index (χ0v) is 12.2. The maximum absolute atomic E-state index is 12.2. The molecule has 1 fully saturated rings. The standard InChI is InChI=1S/C17H30O/c1-15(2)14-16-12-10-8-6-4-3-5-7-9-11-13-17(16)18/h16H,1,3-14H2,2H3. The van der Waals surface area contributed by atoms with Crippen LogP contribution in [0, 0.1) is 5.92 Å². The number of hydrogen-bond acceptors (Lipinski definition) is 1. The fraction of sp³-hybridized carbons (Fsp3) is 0.824. The number of rotatable bonds is 2. The van der Waals surface area contributed by atoms with Crippen LogP contribution in [0.1, 0.15) is 84.0 Å². The molecule has 0 bridgehead atoms. The Morgan fingerprint density at radius 2 is 1.50 bits per heavy atom. The maximum atomic E-state index is 12.2. The van der Waals surface area contributed by atoms with Crippen LogP contribution in [0.25, 0.3) is 0 Å². The minimum absolute atomic E-state index is 0.267. The number of Topliss-reactive ketones (excluding diaryl/α,β-unsaturated/α-hetero) is 1. The van der Waals surface area contributed by atoms with E-state index in [1.165, 1.54) is 51.4 Å². The predicted octanol–water partition coefficient (Wildman–Crippen LogP) is 5.44. The lowest BCUT2D eigenvalue weighted by Gasteiger charge is -2.15. The second kappa shape index (κ2) is 9.35. The van der Waals surface area contributed by atoms with Crippen molar-refractivity contribution in [3.05, 3.63) is 12.2 Å².